The van der Waals surface area contributed by atoms with Crippen LogP contribution < -0.4 is 4.74 Å². The lowest BCUT2D eigenvalue weighted by Crippen LogP contribution is -2.42. The topological polar surface area (TPSA) is 112 Å². The molecule has 3 heterocycles. The predicted octanol–water partition coefficient (Wildman–Crippen LogP) is 6.07. The van der Waals surface area contributed by atoms with Crippen LogP contribution in [0.25, 0.3) is 0 Å². The van der Waals surface area contributed by atoms with Crippen molar-refractivity contribution in [2.24, 2.45) is 18.4 Å². The number of halogens is 6. The maximum absolute atomic E-state index is 13.2. The van der Waals surface area contributed by atoms with E-state index in [0.717, 1.165) is 68.5 Å². The minimum Gasteiger partial charge on any atom is -0.493 e. The SMILES string of the molecule is Cc1cc(C(=O)N2CCC3(CCN(Cc4ccccc4OCC(C)C)CC3)C2)c(C)n1C.O=C(O)C(F)(F)F.O=C(O)C(F)(F)F. The van der Waals surface area contributed by atoms with Crippen molar-refractivity contribution in [2.45, 2.75) is 65.9 Å². The Balaban J connectivity index is 0.000000440. The van der Waals surface area contributed by atoms with Crippen LogP contribution >= 0.6 is 0 Å². The highest BCUT2D eigenvalue weighted by Gasteiger charge is 2.43. The van der Waals surface area contributed by atoms with E-state index in [1.165, 1.54) is 18.4 Å². The number of carbonyl (C=O) groups is 3. The lowest BCUT2D eigenvalue weighted by atomic mass is 9.77. The number of hydrogen-bond acceptors (Lipinski definition) is 5. The van der Waals surface area contributed by atoms with Crippen molar-refractivity contribution in [3.05, 3.63) is 52.8 Å². The smallest absolute Gasteiger partial charge is 0.490 e. The summed E-state index contributed by atoms with van der Waals surface area (Å²) in [5.41, 5.74) is 4.66. The fourth-order valence-electron chi connectivity index (χ4n) is 5.22. The number of carboxylic acid groups (broad SMARTS) is 2. The molecule has 1 amide bonds. The van der Waals surface area contributed by atoms with Gasteiger partial charge in [0.05, 0.1) is 12.2 Å². The Morgan fingerprint density at radius 2 is 1.41 bits per heavy atom. The molecule has 9 nitrogen and oxygen atoms in total. The lowest BCUT2D eigenvalue weighted by molar-refractivity contribution is -0.193. The highest BCUT2D eigenvalue weighted by molar-refractivity contribution is 5.96. The molecule has 46 heavy (non-hydrogen) atoms. The molecule has 1 spiro atoms. The number of rotatable bonds is 6. The molecule has 2 aliphatic heterocycles. The van der Waals surface area contributed by atoms with Crippen molar-refractivity contribution in [2.75, 3.05) is 32.8 Å². The number of aromatic nitrogens is 1. The number of carboxylic acids is 2. The number of hydrogen-bond donors (Lipinski definition) is 2. The molecule has 1 aromatic heterocycles. The van der Waals surface area contributed by atoms with Gasteiger partial charge in [0, 0.05) is 43.6 Å². The number of benzene rings is 1. The Morgan fingerprint density at radius 3 is 1.87 bits per heavy atom. The van der Waals surface area contributed by atoms with Gasteiger partial charge >= 0.3 is 24.3 Å². The lowest BCUT2D eigenvalue weighted by Gasteiger charge is -2.39. The molecule has 0 aliphatic carbocycles. The molecule has 2 aliphatic rings. The molecule has 0 unspecified atom stereocenters. The Labute approximate surface area is 263 Å². The van der Waals surface area contributed by atoms with Gasteiger partial charge in [-0.3, -0.25) is 9.69 Å². The van der Waals surface area contributed by atoms with Crippen LogP contribution in [0, 0.1) is 25.2 Å². The van der Waals surface area contributed by atoms with Gasteiger partial charge in [-0.05, 0) is 69.7 Å². The van der Waals surface area contributed by atoms with Crippen LogP contribution in [0.1, 0.15) is 60.4 Å². The number of aryl methyl sites for hydroxylation is 1. The first-order valence-corrected chi connectivity index (χ1v) is 14.6. The molecule has 0 radical (unpaired) electrons. The van der Waals surface area contributed by atoms with E-state index in [-0.39, 0.29) is 11.3 Å². The third-order valence-corrected chi connectivity index (χ3v) is 8.07. The predicted molar refractivity (Wildman–Crippen MR) is 157 cm³/mol. The first-order chi connectivity index (χ1) is 21.2. The van der Waals surface area contributed by atoms with Crippen molar-refractivity contribution in [3.63, 3.8) is 0 Å². The standard InChI is InChI=1S/C27H39N3O2.2C2HF3O2/c1-20(2)18-32-25-9-7-6-8-23(25)17-29-13-10-27(11-14-29)12-15-30(19-27)26(31)24-16-21(3)28(5)22(24)4;2*3-2(4,5)1(6)7/h6-9,16,20H,10-15,17-19H2,1-5H3;2*(H,6,7). The van der Waals surface area contributed by atoms with Crippen LogP contribution in [0.15, 0.2) is 30.3 Å². The summed E-state index contributed by atoms with van der Waals surface area (Å²) in [6.07, 6.45) is -6.71. The average molecular weight is 666 g/mol. The van der Waals surface area contributed by atoms with E-state index in [1.54, 1.807) is 0 Å². The number of alkyl halides is 6. The number of nitrogens with zero attached hydrogens (tertiary/aromatic N) is 3. The second-order valence-electron chi connectivity index (χ2n) is 12.0. The van der Waals surface area contributed by atoms with Gasteiger partial charge < -0.3 is 24.4 Å². The molecular formula is C31H41F6N3O6. The molecule has 2 N–H and O–H groups in total. The summed E-state index contributed by atoms with van der Waals surface area (Å²) in [7, 11) is 2.04. The zero-order valence-corrected chi connectivity index (χ0v) is 26.5. The maximum Gasteiger partial charge on any atom is 0.490 e. The van der Waals surface area contributed by atoms with E-state index >= 15 is 0 Å². The monoisotopic (exact) mass is 665 g/mol. The van der Waals surface area contributed by atoms with E-state index in [1.807, 2.05) is 20.0 Å². The minimum atomic E-state index is -5.08. The summed E-state index contributed by atoms with van der Waals surface area (Å²) in [6.45, 7) is 14.1. The van der Waals surface area contributed by atoms with Gasteiger partial charge in [0.15, 0.2) is 0 Å². The molecule has 2 aromatic rings. The largest absolute Gasteiger partial charge is 0.493 e. The summed E-state index contributed by atoms with van der Waals surface area (Å²) in [4.78, 5) is 35.6. The normalized spacial score (nSPS) is 16.4. The van der Waals surface area contributed by atoms with Crippen LogP contribution in [0.2, 0.25) is 0 Å². The number of aliphatic carboxylic acids is 2. The van der Waals surface area contributed by atoms with Gasteiger partial charge in [-0.1, -0.05) is 32.0 Å². The summed E-state index contributed by atoms with van der Waals surface area (Å²) in [5, 5.41) is 14.2. The number of ether oxygens (including phenoxy) is 1. The van der Waals surface area contributed by atoms with Crippen LogP contribution in [0.5, 0.6) is 5.75 Å². The van der Waals surface area contributed by atoms with Crippen LogP contribution in [0.4, 0.5) is 26.3 Å². The fraction of sp³-hybridized carbons (Fsp3) is 0.581. The number of amides is 1. The quantitative estimate of drug-likeness (QED) is 0.360. The highest BCUT2D eigenvalue weighted by Crippen LogP contribution is 2.41. The fourth-order valence-corrected chi connectivity index (χ4v) is 5.22. The average Bonchev–Trinajstić information content (AvgIpc) is 3.49. The minimum absolute atomic E-state index is 0.210. The molecule has 1 aromatic carbocycles. The molecule has 0 atom stereocenters. The molecule has 4 rings (SSSR count). The second-order valence-corrected chi connectivity index (χ2v) is 12.0. The zero-order chi connectivity index (χ0) is 35.0. The molecular weight excluding hydrogens is 624 g/mol. The molecule has 0 bridgehead atoms. The summed E-state index contributed by atoms with van der Waals surface area (Å²) < 4.78 is 71.6. The van der Waals surface area contributed by atoms with Gasteiger partial charge in [0.2, 0.25) is 0 Å². The van der Waals surface area contributed by atoms with Gasteiger partial charge in [-0.15, -0.1) is 0 Å². The summed E-state index contributed by atoms with van der Waals surface area (Å²) in [6, 6.07) is 10.5. The van der Waals surface area contributed by atoms with Crippen molar-refractivity contribution in [1.82, 2.24) is 14.4 Å². The Morgan fingerprint density at radius 1 is 0.913 bits per heavy atom. The Bertz CT molecular complexity index is 1320. The van der Waals surface area contributed by atoms with E-state index in [0.29, 0.717) is 5.92 Å². The summed E-state index contributed by atoms with van der Waals surface area (Å²) >= 11 is 0. The van der Waals surface area contributed by atoms with Crippen molar-refractivity contribution in [3.8, 4) is 5.75 Å². The Hall–Kier alpha value is -3.75. The van der Waals surface area contributed by atoms with Crippen molar-refractivity contribution < 1.29 is 55.7 Å². The maximum atomic E-state index is 13.2. The van der Waals surface area contributed by atoms with Crippen LogP contribution in [0.3, 0.4) is 0 Å². The number of piperidine rings is 1. The second kappa shape index (κ2) is 15.7. The molecule has 2 fully saturated rings. The molecule has 0 saturated carbocycles. The first-order valence-electron chi connectivity index (χ1n) is 14.6. The molecule has 258 valence electrons. The third kappa shape index (κ3) is 11.0. The number of carbonyl (C=O) groups excluding carboxylic acids is 1. The van der Waals surface area contributed by atoms with Gasteiger partial charge in [0.1, 0.15) is 5.75 Å². The molecule has 15 heteroatoms. The number of para-hydroxylation sites is 1. The van der Waals surface area contributed by atoms with E-state index in [4.69, 9.17) is 24.5 Å². The van der Waals surface area contributed by atoms with Crippen LogP contribution in [-0.2, 0) is 23.2 Å². The van der Waals surface area contributed by atoms with Gasteiger partial charge in [0.25, 0.3) is 5.91 Å². The van der Waals surface area contributed by atoms with Crippen molar-refractivity contribution in [1.29, 1.82) is 0 Å². The van der Waals surface area contributed by atoms with E-state index < -0.39 is 24.3 Å². The van der Waals surface area contributed by atoms with E-state index in [2.05, 4.69) is 59.4 Å². The zero-order valence-electron chi connectivity index (χ0n) is 26.5. The van der Waals surface area contributed by atoms with Gasteiger partial charge in [-0.25, -0.2) is 9.59 Å². The van der Waals surface area contributed by atoms with Gasteiger partial charge in [-0.2, -0.15) is 26.3 Å². The number of likely N-dealkylation sites (tertiary alicyclic amines) is 2. The highest BCUT2D eigenvalue weighted by atomic mass is 19.4. The van der Waals surface area contributed by atoms with E-state index in [9.17, 15) is 31.1 Å². The van der Waals surface area contributed by atoms with Crippen molar-refractivity contribution >= 4 is 17.8 Å². The third-order valence-electron chi connectivity index (χ3n) is 8.07. The van der Waals surface area contributed by atoms with Crippen LogP contribution in [-0.4, -0.2) is 87.6 Å². The summed E-state index contributed by atoms with van der Waals surface area (Å²) in [5.74, 6) is -3.76. The Kier molecular flexibility index (Phi) is 13.1. The first kappa shape index (κ1) is 38.4. The molecule has 2 saturated heterocycles.